The molecule has 5 nitrogen and oxygen atoms in total. The van der Waals surface area contributed by atoms with Gasteiger partial charge in [-0.25, -0.2) is 8.42 Å². The molecule has 0 unspecified atom stereocenters. The number of hydrogen-bond donors (Lipinski definition) is 1. The first kappa shape index (κ1) is 15.7. The number of pyridine rings is 1. The van der Waals surface area contributed by atoms with E-state index in [9.17, 15) is 8.42 Å². The fourth-order valence-corrected chi connectivity index (χ4v) is 4.94. The van der Waals surface area contributed by atoms with Crippen LogP contribution in [-0.2, 0) is 10.0 Å². The van der Waals surface area contributed by atoms with Gasteiger partial charge in [-0.2, -0.15) is 16.1 Å². The van der Waals surface area contributed by atoms with Crippen molar-refractivity contribution in [3.05, 3.63) is 24.5 Å². The van der Waals surface area contributed by atoms with Crippen molar-refractivity contribution < 1.29 is 8.42 Å². The van der Waals surface area contributed by atoms with E-state index in [0.717, 1.165) is 0 Å². The largest absolute Gasteiger partial charge is 0.392 e. The van der Waals surface area contributed by atoms with E-state index in [0.29, 0.717) is 30.9 Å². The lowest BCUT2D eigenvalue weighted by atomic mass is 9.97. The van der Waals surface area contributed by atoms with Crippen LogP contribution in [0.4, 0.5) is 0 Å². The van der Waals surface area contributed by atoms with Crippen LogP contribution in [0.15, 0.2) is 29.4 Å². The molecular formula is C12H17N3O2S3. The predicted molar refractivity (Wildman–Crippen MR) is 85.3 cm³/mol. The number of hydrogen-bond acceptors (Lipinski definition) is 5. The third-order valence-corrected chi connectivity index (χ3v) is 7.45. The highest BCUT2D eigenvalue weighted by atomic mass is 32.2. The van der Waals surface area contributed by atoms with Crippen LogP contribution in [0.5, 0.6) is 0 Å². The van der Waals surface area contributed by atoms with Crippen molar-refractivity contribution in [2.24, 2.45) is 5.73 Å². The Kier molecular flexibility index (Phi) is 4.68. The van der Waals surface area contributed by atoms with Crippen LogP contribution in [-0.4, -0.2) is 46.8 Å². The van der Waals surface area contributed by atoms with Gasteiger partial charge >= 0.3 is 0 Å². The Morgan fingerprint density at radius 1 is 1.50 bits per heavy atom. The molecule has 0 radical (unpaired) electrons. The number of thioether (sulfide) groups is 1. The van der Waals surface area contributed by atoms with E-state index >= 15 is 0 Å². The average Bonchev–Trinajstić information content (AvgIpc) is 2.48. The van der Waals surface area contributed by atoms with E-state index in [1.165, 1.54) is 10.5 Å². The van der Waals surface area contributed by atoms with Crippen LogP contribution < -0.4 is 5.73 Å². The minimum absolute atomic E-state index is 0.229. The maximum absolute atomic E-state index is 12.5. The maximum atomic E-state index is 12.5. The van der Waals surface area contributed by atoms with Gasteiger partial charge < -0.3 is 5.73 Å². The molecule has 1 aliphatic heterocycles. The summed E-state index contributed by atoms with van der Waals surface area (Å²) in [7, 11) is -3.47. The molecule has 2 heterocycles. The third-order valence-electron chi connectivity index (χ3n) is 3.64. The first-order chi connectivity index (χ1) is 9.42. The number of sulfonamides is 1. The molecule has 0 aliphatic carbocycles. The highest BCUT2D eigenvalue weighted by molar-refractivity contribution is 8.02. The molecular weight excluding hydrogens is 314 g/mol. The van der Waals surface area contributed by atoms with Crippen molar-refractivity contribution in [2.75, 3.05) is 19.3 Å². The summed E-state index contributed by atoms with van der Waals surface area (Å²) in [5, 5.41) is 0. The summed E-state index contributed by atoms with van der Waals surface area (Å²) in [6.45, 7) is 0.852. The normalized spacial score (nSPS) is 19.6. The standard InChI is InChI=1S/C12H17N3O2S3/c1-19-12(11(13)18)4-7-15(8-5-12)20(16,17)10-3-2-6-14-9-10/h2-3,6,9H,4-5,7-8H2,1H3,(H2,13,18). The van der Waals surface area contributed by atoms with Crippen LogP contribution in [0.1, 0.15) is 12.8 Å². The summed E-state index contributed by atoms with van der Waals surface area (Å²) in [6, 6.07) is 3.18. The van der Waals surface area contributed by atoms with Gasteiger partial charge in [0.05, 0.1) is 9.74 Å². The fourth-order valence-electron chi connectivity index (χ4n) is 2.29. The summed E-state index contributed by atoms with van der Waals surface area (Å²) in [5.74, 6) is 0. The quantitative estimate of drug-likeness (QED) is 0.837. The average molecular weight is 331 g/mol. The molecule has 2 rings (SSSR count). The number of thiocarbonyl (C=S) groups is 1. The second-order valence-electron chi connectivity index (χ2n) is 4.66. The molecule has 1 aromatic rings. The molecule has 0 atom stereocenters. The minimum atomic E-state index is -3.47. The lowest BCUT2D eigenvalue weighted by Crippen LogP contribution is -2.50. The van der Waals surface area contributed by atoms with Gasteiger partial charge in [-0.15, -0.1) is 0 Å². The summed E-state index contributed by atoms with van der Waals surface area (Å²) in [4.78, 5) is 4.56. The first-order valence-corrected chi connectivity index (χ1v) is 9.25. The SMILES string of the molecule is CSC1(C(N)=S)CCN(S(=O)(=O)c2cccnc2)CC1. The molecule has 8 heteroatoms. The van der Waals surface area contributed by atoms with Crippen molar-refractivity contribution in [1.29, 1.82) is 0 Å². The number of nitrogens with zero attached hydrogens (tertiary/aromatic N) is 2. The van der Waals surface area contributed by atoms with Gasteiger partial charge in [0.2, 0.25) is 10.0 Å². The van der Waals surface area contributed by atoms with E-state index < -0.39 is 10.0 Å². The molecule has 0 amide bonds. The van der Waals surface area contributed by atoms with Crippen molar-refractivity contribution in [1.82, 2.24) is 9.29 Å². The van der Waals surface area contributed by atoms with Gasteiger partial charge in [0.25, 0.3) is 0 Å². The van der Waals surface area contributed by atoms with Gasteiger partial charge in [-0.1, -0.05) is 12.2 Å². The van der Waals surface area contributed by atoms with Crippen LogP contribution in [0.25, 0.3) is 0 Å². The first-order valence-electron chi connectivity index (χ1n) is 6.18. The number of rotatable bonds is 4. The van der Waals surface area contributed by atoms with Crippen molar-refractivity contribution >= 4 is 39.0 Å². The Bertz CT molecular complexity index is 581. The Morgan fingerprint density at radius 3 is 2.60 bits per heavy atom. The van der Waals surface area contributed by atoms with Gasteiger partial charge in [0.15, 0.2) is 0 Å². The monoisotopic (exact) mass is 331 g/mol. The van der Waals surface area contributed by atoms with Gasteiger partial charge in [0, 0.05) is 25.5 Å². The smallest absolute Gasteiger partial charge is 0.244 e. The molecule has 2 N–H and O–H groups in total. The molecule has 1 fully saturated rings. The summed E-state index contributed by atoms with van der Waals surface area (Å²) in [5.41, 5.74) is 5.81. The van der Waals surface area contributed by atoms with E-state index in [1.54, 1.807) is 30.1 Å². The van der Waals surface area contributed by atoms with E-state index in [-0.39, 0.29) is 9.64 Å². The molecule has 0 spiro atoms. The molecule has 110 valence electrons. The predicted octanol–water partition coefficient (Wildman–Crippen LogP) is 1.25. The van der Waals surface area contributed by atoms with E-state index in [2.05, 4.69) is 4.98 Å². The topological polar surface area (TPSA) is 76.3 Å². The molecule has 0 saturated carbocycles. The second-order valence-corrected chi connectivity index (χ2v) is 8.22. The Balaban J connectivity index is 2.17. The zero-order valence-electron chi connectivity index (χ0n) is 11.2. The highest BCUT2D eigenvalue weighted by Crippen LogP contribution is 2.36. The summed E-state index contributed by atoms with van der Waals surface area (Å²) in [6.07, 6.45) is 6.18. The van der Waals surface area contributed by atoms with Crippen LogP contribution in [0.3, 0.4) is 0 Å². The van der Waals surface area contributed by atoms with Crippen molar-refractivity contribution in [3.63, 3.8) is 0 Å². The van der Waals surface area contributed by atoms with Crippen LogP contribution in [0, 0.1) is 0 Å². The Morgan fingerprint density at radius 2 is 2.15 bits per heavy atom. The fraction of sp³-hybridized carbons (Fsp3) is 0.500. The lowest BCUT2D eigenvalue weighted by Gasteiger charge is -2.39. The van der Waals surface area contributed by atoms with E-state index in [1.807, 2.05) is 6.26 Å². The molecule has 20 heavy (non-hydrogen) atoms. The highest BCUT2D eigenvalue weighted by Gasteiger charge is 2.40. The summed E-state index contributed by atoms with van der Waals surface area (Å²) >= 11 is 6.74. The molecule has 1 aliphatic rings. The molecule has 0 aromatic carbocycles. The third kappa shape index (κ3) is 2.83. The lowest BCUT2D eigenvalue weighted by molar-refractivity contribution is 0.333. The van der Waals surface area contributed by atoms with Crippen molar-refractivity contribution in [2.45, 2.75) is 22.5 Å². The summed E-state index contributed by atoms with van der Waals surface area (Å²) < 4.78 is 26.1. The number of aromatic nitrogens is 1. The zero-order valence-corrected chi connectivity index (χ0v) is 13.6. The zero-order chi connectivity index (χ0) is 14.8. The number of piperidine rings is 1. The van der Waals surface area contributed by atoms with Gasteiger partial charge in [0.1, 0.15) is 4.90 Å². The van der Waals surface area contributed by atoms with E-state index in [4.69, 9.17) is 18.0 Å². The Hall–Kier alpha value is -0.700. The van der Waals surface area contributed by atoms with Crippen molar-refractivity contribution in [3.8, 4) is 0 Å². The maximum Gasteiger partial charge on any atom is 0.244 e. The minimum Gasteiger partial charge on any atom is -0.392 e. The molecule has 1 saturated heterocycles. The van der Waals surface area contributed by atoms with Crippen LogP contribution in [0.2, 0.25) is 0 Å². The van der Waals surface area contributed by atoms with Crippen LogP contribution >= 0.6 is 24.0 Å². The molecule has 0 bridgehead atoms. The second kappa shape index (κ2) is 5.97. The molecule has 1 aromatic heterocycles. The Labute approximate surface area is 129 Å². The van der Waals surface area contributed by atoms with Gasteiger partial charge in [-0.3, -0.25) is 4.98 Å². The number of nitrogens with two attached hydrogens (primary N) is 1. The van der Waals surface area contributed by atoms with Gasteiger partial charge in [-0.05, 0) is 31.2 Å².